The molecule has 4 unspecified atom stereocenters. The van der Waals surface area contributed by atoms with Crippen molar-refractivity contribution in [2.45, 2.75) is 25.4 Å². The van der Waals surface area contributed by atoms with Gasteiger partial charge in [-0.15, -0.1) is 0 Å². The van der Waals surface area contributed by atoms with E-state index in [0.29, 0.717) is 16.7 Å². The van der Waals surface area contributed by atoms with Gasteiger partial charge in [-0.2, -0.15) is 0 Å². The molecule has 2 aromatic rings. The second-order valence-corrected chi connectivity index (χ2v) is 5.16. The van der Waals surface area contributed by atoms with Gasteiger partial charge in [0.25, 0.3) is 0 Å². The number of likely N-dealkylation sites (N-methyl/N-ethyl adjacent to an activating group) is 1. The second-order valence-electron chi connectivity index (χ2n) is 5.16. The second kappa shape index (κ2) is 7.17. The van der Waals surface area contributed by atoms with E-state index >= 15 is 0 Å². The molecule has 1 aliphatic heterocycles. The molecule has 9 nitrogen and oxygen atoms in total. The van der Waals surface area contributed by atoms with Crippen molar-refractivity contribution in [2.24, 2.45) is 10.9 Å². The van der Waals surface area contributed by atoms with Gasteiger partial charge in [0.2, 0.25) is 5.91 Å². The number of aliphatic hydroxyl groups is 1. The van der Waals surface area contributed by atoms with Crippen molar-refractivity contribution in [1.82, 2.24) is 24.8 Å². The number of imidazole rings is 1. The molecule has 3 heterocycles. The molecule has 0 spiro atoms. The Morgan fingerprint density at radius 2 is 2.35 bits per heavy atom. The molecular weight excluding hydrogens is 377 g/mol. The van der Waals surface area contributed by atoms with E-state index in [1.165, 1.54) is 13.4 Å². The number of ether oxygens (including phenoxy) is 1. The van der Waals surface area contributed by atoms with Crippen LogP contribution in [0, 0.1) is 12.2 Å². The molecule has 0 aliphatic carbocycles. The van der Waals surface area contributed by atoms with E-state index in [-0.39, 0.29) is 44.5 Å². The third-order valence-corrected chi connectivity index (χ3v) is 3.93. The maximum Gasteiger partial charge on any atom is 3.00 e. The summed E-state index contributed by atoms with van der Waals surface area (Å²) in [5.41, 5.74) is 1.56. The Labute approximate surface area is 157 Å². The van der Waals surface area contributed by atoms with E-state index in [1.807, 2.05) is 0 Å². The SMILES string of the molecule is CN=c1n[c-][nH]c2c1ncn2C1OC(C(=O)NC)C(C)C1O.[Y+3]. The molecule has 23 heavy (non-hydrogen) atoms. The Kier molecular flexibility index (Phi) is 5.67. The van der Waals surface area contributed by atoms with Crippen LogP contribution in [-0.4, -0.2) is 56.8 Å². The Hall–Kier alpha value is -1.16. The van der Waals surface area contributed by atoms with Crippen molar-refractivity contribution in [1.29, 1.82) is 0 Å². The number of nitrogens with one attached hydrogen (secondary N) is 2. The van der Waals surface area contributed by atoms with Crippen LogP contribution < -0.4 is 10.8 Å². The summed E-state index contributed by atoms with van der Waals surface area (Å²) in [5.74, 6) is -0.608. The standard InChI is InChI=1S/C13H17N6O3.Y/c1-6-8(20)13(22-9(6)12(21)15-3)19-5-18-7-10(14-2)16-4-17-11(7)19;/h5-6,8-9,13,20H,1-3H3,(H,15,21)(H,14,16,17);/q-1;+3. The van der Waals surface area contributed by atoms with Crippen LogP contribution in [0.1, 0.15) is 13.2 Å². The van der Waals surface area contributed by atoms with Crippen LogP contribution in [0.25, 0.3) is 11.2 Å². The summed E-state index contributed by atoms with van der Waals surface area (Å²) in [7, 11) is 3.15. The van der Waals surface area contributed by atoms with E-state index in [2.05, 4.69) is 31.6 Å². The number of aromatic amines is 1. The van der Waals surface area contributed by atoms with E-state index in [4.69, 9.17) is 4.74 Å². The summed E-state index contributed by atoms with van der Waals surface area (Å²) in [6.45, 7) is 1.77. The summed E-state index contributed by atoms with van der Waals surface area (Å²) in [5, 5.41) is 13.0. The van der Waals surface area contributed by atoms with Gasteiger partial charge in [0.15, 0.2) is 6.23 Å². The maximum absolute atomic E-state index is 11.8. The number of amides is 1. The first-order valence-electron chi connectivity index (χ1n) is 6.89. The van der Waals surface area contributed by atoms with E-state index in [0.717, 1.165) is 0 Å². The Balaban J connectivity index is 0.00000192. The first kappa shape index (κ1) is 18.2. The molecule has 0 bridgehead atoms. The minimum atomic E-state index is -0.844. The number of nitrogens with zero attached hydrogens (tertiary/aromatic N) is 4. The van der Waals surface area contributed by atoms with Gasteiger partial charge in [0, 0.05) is 37.5 Å². The van der Waals surface area contributed by atoms with Crippen molar-refractivity contribution in [3.05, 3.63) is 18.1 Å². The fraction of sp³-hybridized carbons (Fsp3) is 0.538. The number of hydrogen-bond donors (Lipinski definition) is 3. The third kappa shape index (κ3) is 2.98. The number of rotatable bonds is 2. The number of hydrogen-bond acceptors (Lipinski definition) is 6. The maximum atomic E-state index is 11.8. The molecule has 0 radical (unpaired) electrons. The first-order valence-corrected chi connectivity index (χ1v) is 6.89. The smallest absolute Gasteiger partial charge is 0.437 e. The van der Waals surface area contributed by atoms with Gasteiger partial charge in [0.1, 0.15) is 12.2 Å². The van der Waals surface area contributed by atoms with Gasteiger partial charge in [-0.25, -0.2) is 0 Å². The van der Waals surface area contributed by atoms with Gasteiger partial charge in [-0.3, -0.25) is 9.78 Å². The summed E-state index contributed by atoms with van der Waals surface area (Å²) < 4.78 is 7.37. The van der Waals surface area contributed by atoms with Crippen molar-refractivity contribution < 1.29 is 47.3 Å². The van der Waals surface area contributed by atoms with Gasteiger partial charge in [-0.1, -0.05) is 6.92 Å². The number of carbonyl (C=O) groups excluding carboxylic acids is 1. The van der Waals surface area contributed by atoms with Gasteiger partial charge in [0.05, 0.1) is 11.8 Å². The monoisotopic (exact) mass is 394 g/mol. The largest absolute Gasteiger partial charge is 3.00 e. The quantitative estimate of drug-likeness (QED) is 0.549. The molecule has 0 aromatic carbocycles. The van der Waals surface area contributed by atoms with Crippen LogP contribution in [-0.2, 0) is 42.2 Å². The normalized spacial score (nSPS) is 27.9. The predicted molar refractivity (Wildman–Crippen MR) is 75.3 cm³/mol. The minimum Gasteiger partial charge on any atom is -0.437 e. The van der Waals surface area contributed by atoms with Crippen LogP contribution in [0.2, 0.25) is 0 Å². The van der Waals surface area contributed by atoms with Crippen molar-refractivity contribution >= 4 is 17.1 Å². The molecule has 3 N–H and O–H groups in total. The van der Waals surface area contributed by atoms with Crippen LogP contribution in [0.5, 0.6) is 0 Å². The first-order chi connectivity index (χ1) is 10.6. The van der Waals surface area contributed by atoms with Gasteiger partial charge < -0.3 is 34.7 Å². The van der Waals surface area contributed by atoms with E-state index < -0.39 is 18.4 Å². The van der Waals surface area contributed by atoms with E-state index in [9.17, 15) is 9.90 Å². The van der Waals surface area contributed by atoms with Crippen molar-refractivity contribution in [3.63, 3.8) is 0 Å². The molecule has 10 heteroatoms. The fourth-order valence-corrected chi connectivity index (χ4v) is 2.65. The van der Waals surface area contributed by atoms with Gasteiger partial charge >= 0.3 is 32.7 Å². The summed E-state index contributed by atoms with van der Waals surface area (Å²) >= 11 is 0. The fourth-order valence-electron chi connectivity index (χ4n) is 2.65. The molecule has 1 aliphatic rings. The zero-order valence-electron chi connectivity index (χ0n) is 13.0. The van der Waals surface area contributed by atoms with Crippen molar-refractivity contribution in [2.75, 3.05) is 14.1 Å². The number of aromatic nitrogens is 4. The summed E-state index contributed by atoms with van der Waals surface area (Å²) in [6.07, 6.45) is 1.87. The van der Waals surface area contributed by atoms with Crippen LogP contribution >= 0.6 is 0 Å². The van der Waals surface area contributed by atoms with Crippen LogP contribution in [0.3, 0.4) is 0 Å². The molecule has 0 saturated carbocycles. The summed E-state index contributed by atoms with van der Waals surface area (Å²) in [6, 6.07) is 0. The Morgan fingerprint density at radius 3 is 3.00 bits per heavy atom. The van der Waals surface area contributed by atoms with Crippen LogP contribution in [0.15, 0.2) is 11.3 Å². The third-order valence-electron chi connectivity index (χ3n) is 3.93. The number of fused-ring (bicyclic) bond motifs is 1. The Bertz CT molecular complexity index is 772. The molecular formula is C13H17N6O3Y+2. The number of carbonyl (C=O) groups is 1. The van der Waals surface area contributed by atoms with E-state index in [1.54, 1.807) is 18.5 Å². The molecule has 3 rings (SSSR count). The molecule has 118 valence electrons. The zero-order valence-corrected chi connectivity index (χ0v) is 15.9. The van der Waals surface area contributed by atoms with Gasteiger partial charge in [-0.05, 0) is 0 Å². The van der Waals surface area contributed by atoms with Crippen molar-refractivity contribution in [3.8, 4) is 0 Å². The average molecular weight is 394 g/mol. The number of H-pyrrole nitrogens is 1. The topological polar surface area (TPSA) is 117 Å². The average Bonchev–Trinajstić information content (AvgIpc) is 3.09. The molecule has 1 fully saturated rings. The zero-order chi connectivity index (χ0) is 15.9. The molecule has 4 atom stereocenters. The summed E-state index contributed by atoms with van der Waals surface area (Å²) in [4.78, 5) is 26.9. The number of aliphatic hydroxyl groups excluding tert-OH is 1. The van der Waals surface area contributed by atoms with Crippen LogP contribution in [0.4, 0.5) is 0 Å². The minimum absolute atomic E-state index is 0. The predicted octanol–water partition coefficient (Wildman–Crippen LogP) is -1.27. The molecule has 2 aromatic heterocycles. The Morgan fingerprint density at radius 1 is 1.61 bits per heavy atom. The molecule has 1 saturated heterocycles. The molecule has 1 amide bonds.